The van der Waals surface area contributed by atoms with Crippen molar-refractivity contribution < 1.29 is 0 Å². The molecule has 12 heavy (non-hydrogen) atoms. The van der Waals surface area contributed by atoms with E-state index in [1.807, 2.05) is 0 Å². The fourth-order valence-corrected chi connectivity index (χ4v) is 1.66. The standard InChI is InChI=1S/C8H17N.C3H8/c1-3-8-6-4-5-7-9(8)2;1-3-2/h8H,3-7H2,1-2H3;3H2,1-2H3. The van der Waals surface area contributed by atoms with E-state index in [-0.39, 0.29) is 0 Å². The normalized spacial score (nSPS) is 24.5. The van der Waals surface area contributed by atoms with E-state index in [4.69, 9.17) is 0 Å². The van der Waals surface area contributed by atoms with Crippen LogP contribution >= 0.6 is 0 Å². The van der Waals surface area contributed by atoms with Crippen molar-refractivity contribution in [2.45, 2.75) is 58.9 Å². The number of piperidine rings is 1. The second-order valence-electron chi connectivity index (χ2n) is 3.75. The van der Waals surface area contributed by atoms with Crippen LogP contribution in [0, 0.1) is 0 Å². The monoisotopic (exact) mass is 171 g/mol. The minimum atomic E-state index is 0.888. The second-order valence-corrected chi connectivity index (χ2v) is 3.75. The Morgan fingerprint density at radius 2 is 1.75 bits per heavy atom. The molecule has 0 bridgehead atoms. The first kappa shape index (κ1) is 12.0. The van der Waals surface area contributed by atoms with Crippen LogP contribution in [0.4, 0.5) is 0 Å². The van der Waals surface area contributed by atoms with Crippen LogP contribution in [0.5, 0.6) is 0 Å². The van der Waals surface area contributed by atoms with Gasteiger partial charge in [0.1, 0.15) is 0 Å². The molecule has 0 aromatic rings. The van der Waals surface area contributed by atoms with Gasteiger partial charge in [-0.25, -0.2) is 0 Å². The molecule has 1 nitrogen and oxygen atoms in total. The highest BCUT2D eigenvalue weighted by molar-refractivity contribution is 4.71. The largest absolute Gasteiger partial charge is 0.303 e. The van der Waals surface area contributed by atoms with Crippen molar-refractivity contribution in [2.75, 3.05) is 13.6 Å². The van der Waals surface area contributed by atoms with E-state index >= 15 is 0 Å². The van der Waals surface area contributed by atoms with E-state index in [1.54, 1.807) is 0 Å². The van der Waals surface area contributed by atoms with Crippen molar-refractivity contribution >= 4 is 0 Å². The van der Waals surface area contributed by atoms with Gasteiger partial charge in [-0.15, -0.1) is 0 Å². The fourth-order valence-electron chi connectivity index (χ4n) is 1.66. The highest BCUT2D eigenvalue weighted by Gasteiger charge is 2.15. The van der Waals surface area contributed by atoms with E-state index in [9.17, 15) is 0 Å². The van der Waals surface area contributed by atoms with E-state index in [0.29, 0.717) is 0 Å². The lowest BCUT2D eigenvalue weighted by Crippen LogP contribution is -2.35. The molecule has 1 heterocycles. The molecule has 0 aromatic carbocycles. The van der Waals surface area contributed by atoms with Gasteiger partial charge < -0.3 is 4.90 Å². The Labute approximate surface area is 78.1 Å². The lowest BCUT2D eigenvalue weighted by atomic mass is 10.0. The van der Waals surface area contributed by atoms with Gasteiger partial charge in [0.15, 0.2) is 0 Å². The Morgan fingerprint density at radius 3 is 2.08 bits per heavy atom. The molecule has 1 atom stereocenters. The predicted molar refractivity (Wildman–Crippen MR) is 56.5 cm³/mol. The molecule has 1 aliphatic heterocycles. The van der Waals surface area contributed by atoms with Gasteiger partial charge in [0.05, 0.1) is 0 Å². The van der Waals surface area contributed by atoms with Crippen molar-refractivity contribution in [3.8, 4) is 0 Å². The van der Waals surface area contributed by atoms with Crippen LogP contribution in [0.25, 0.3) is 0 Å². The molecule has 1 unspecified atom stereocenters. The molecule has 1 aliphatic rings. The molecule has 1 saturated heterocycles. The number of nitrogens with zero attached hydrogens (tertiary/aromatic N) is 1. The number of hydrogen-bond donors (Lipinski definition) is 0. The van der Waals surface area contributed by atoms with Gasteiger partial charge in [0, 0.05) is 6.04 Å². The van der Waals surface area contributed by atoms with Gasteiger partial charge in [-0.1, -0.05) is 33.6 Å². The van der Waals surface area contributed by atoms with Gasteiger partial charge in [-0.05, 0) is 32.9 Å². The minimum Gasteiger partial charge on any atom is -0.303 e. The average molecular weight is 171 g/mol. The quantitative estimate of drug-likeness (QED) is 0.585. The van der Waals surface area contributed by atoms with Crippen molar-refractivity contribution in [3.05, 3.63) is 0 Å². The second kappa shape index (κ2) is 7.60. The Morgan fingerprint density at radius 1 is 1.17 bits per heavy atom. The molecule has 0 aliphatic carbocycles. The lowest BCUT2D eigenvalue weighted by Gasteiger charge is -2.31. The lowest BCUT2D eigenvalue weighted by molar-refractivity contribution is 0.181. The molecule has 0 amide bonds. The van der Waals surface area contributed by atoms with Crippen molar-refractivity contribution in [1.29, 1.82) is 0 Å². The van der Waals surface area contributed by atoms with E-state index in [0.717, 1.165) is 6.04 Å². The summed E-state index contributed by atoms with van der Waals surface area (Å²) in [7, 11) is 2.24. The Balaban J connectivity index is 0.000000354. The fraction of sp³-hybridized carbons (Fsp3) is 1.00. The van der Waals surface area contributed by atoms with Gasteiger partial charge in [0.25, 0.3) is 0 Å². The van der Waals surface area contributed by atoms with E-state index in [1.165, 1.54) is 38.6 Å². The van der Waals surface area contributed by atoms with Crippen molar-refractivity contribution in [2.24, 2.45) is 0 Å². The van der Waals surface area contributed by atoms with Crippen molar-refractivity contribution in [3.63, 3.8) is 0 Å². The third-order valence-corrected chi connectivity index (χ3v) is 2.39. The molecule has 0 N–H and O–H groups in total. The van der Waals surface area contributed by atoms with Crippen LogP contribution in [0.2, 0.25) is 0 Å². The molecule has 1 fully saturated rings. The first-order valence-corrected chi connectivity index (χ1v) is 5.46. The van der Waals surface area contributed by atoms with Crippen LogP contribution in [0.1, 0.15) is 52.9 Å². The van der Waals surface area contributed by atoms with Gasteiger partial charge in [-0.2, -0.15) is 0 Å². The highest BCUT2D eigenvalue weighted by Crippen LogP contribution is 2.16. The first-order chi connectivity index (χ1) is 5.76. The number of hydrogen-bond acceptors (Lipinski definition) is 1. The van der Waals surface area contributed by atoms with Crippen LogP contribution < -0.4 is 0 Å². The van der Waals surface area contributed by atoms with Crippen LogP contribution in [0.15, 0.2) is 0 Å². The maximum atomic E-state index is 2.49. The summed E-state index contributed by atoms with van der Waals surface area (Å²) in [6, 6.07) is 0.888. The van der Waals surface area contributed by atoms with Crippen LogP contribution in [-0.4, -0.2) is 24.5 Å². The smallest absolute Gasteiger partial charge is 0.00895 e. The molecule has 0 saturated carbocycles. The van der Waals surface area contributed by atoms with E-state index < -0.39 is 0 Å². The van der Waals surface area contributed by atoms with Crippen LogP contribution in [-0.2, 0) is 0 Å². The van der Waals surface area contributed by atoms with Crippen LogP contribution in [0.3, 0.4) is 0 Å². The molecule has 0 radical (unpaired) electrons. The molecule has 0 aromatic heterocycles. The zero-order valence-corrected chi connectivity index (χ0v) is 9.27. The molecular weight excluding hydrogens is 146 g/mol. The molecule has 0 spiro atoms. The predicted octanol–water partition coefficient (Wildman–Crippen LogP) is 3.30. The third kappa shape index (κ3) is 4.76. The number of likely N-dealkylation sites (tertiary alicyclic amines) is 1. The number of rotatable bonds is 1. The highest BCUT2D eigenvalue weighted by atomic mass is 15.1. The molecule has 1 heteroatoms. The zero-order chi connectivity index (χ0) is 9.40. The molecule has 1 rings (SSSR count). The van der Waals surface area contributed by atoms with Gasteiger partial charge >= 0.3 is 0 Å². The van der Waals surface area contributed by atoms with E-state index in [2.05, 4.69) is 32.7 Å². The maximum Gasteiger partial charge on any atom is 0.00895 e. The van der Waals surface area contributed by atoms with Crippen molar-refractivity contribution in [1.82, 2.24) is 4.90 Å². The third-order valence-electron chi connectivity index (χ3n) is 2.39. The topological polar surface area (TPSA) is 3.24 Å². The summed E-state index contributed by atoms with van der Waals surface area (Å²) in [6.07, 6.45) is 6.86. The summed E-state index contributed by atoms with van der Waals surface area (Å²) >= 11 is 0. The maximum absolute atomic E-state index is 2.49. The van der Waals surface area contributed by atoms with Gasteiger partial charge in [0.2, 0.25) is 0 Å². The first-order valence-electron chi connectivity index (χ1n) is 5.46. The molecular formula is C11H25N. The molecule has 74 valence electrons. The Kier molecular flexibility index (Phi) is 7.58. The summed E-state index contributed by atoms with van der Waals surface area (Å²) in [5.74, 6) is 0. The van der Waals surface area contributed by atoms with Gasteiger partial charge in [-0.3, -0.25) is 0 Å². The average Bonchev–Trinajstić information content (AvgIpc) is 2.07. The SMILES string of the molecule is CCC.CCC1CCCCN1C. The summed E-state index contributed by atoms with van der Waals surface area (Å²) in [5, 5.41) is 0. The zero-order valence-electron chi connectivity index (χ0n) is 9.27. The summed E-state index contributed by atoms with van der Waals surface area (Å²) in [4.78, 5) is 2.49. The summed E-state index contributed by atoms with van der Waals surface area (Å²) in [6.45, 7) is 7.85. The Bertz CT molecular complexity index is 91.0. The minimum absolute atomic E-state index is 0.888. The summed E-state index contributed by atoms with van der Waals surface area (Å²) in [5.41, 5.74) is 0. The summed E-state index contributed by atoms with van der Waals surface area (Å²) < 4.78 is 0. The Hall–Kier alpha value is -0.0400.